The molecule has 0 radical (unpaired) electrons. The van der Waals surface area contributed by atoms with Crippen molar-refractivity contribution in [3.05, 3.63) is 76.3 Å². The van der Waals surface area contributed by atoms with Gasteiger partial charge in [0.05, 0.1) is 24.3 Å². The maximum Gasteiger partial charge on any atom is 0.489 e. The number of aliphatic hydroxyl groups is 2. The van der Waals surface area contributed by atoms with Crippen molar-refractivity contribution in [2.24, 2.45) is 0 Å². The Labute approximate surface area is 262 Å². The number of nitrogens with two attached hydrogens (primary N) is 2. The lowest BCUT2D eigenvalue weighted by atomic mass is 10.0. The summed E-state index contributed by atoms with van der Waals surface area (Å²) in [6, 6.07) is 11.6. The Hall–Kier alpha value is -3.81. The molecule has 47 heavy (non-hydrogen) atoms. The monoisotopic (exact) mass is 717 g/mol. The van der Waals surface area contributed by atoms with Crippen LogP contribution in [0.1, 0.15) is 22.1 Å². The first-order valence-electron chi connectivity index (χ1n) is 13.0. The fourth-order valence-corrected chi connectivity index (χ4v) is 8.16. The van der Waals surface area contributed by atoms with Crippen LogP contribution >= 0.6 is 23.4 Å². The summed E-state index contributed by atoms with van der Waals surface area (Å²) in [7, 11) is -16.9. The van der Waals surface area contributed by atoms with Crippen LogP contribution in [0.15, 0.2) is 59.7 Å². The third-order valence-electron chi connectivity index (χ3n) is 6.50. The van der Waals surface area contributed by atoms with Gasteiger partial charge < -0.3 is 41.1 Å². The van der Waals surface area contributed by atoms with E-state index in [0.717, 1.165) is 17.0 Å². The molecule has 3 unspecified atom stereocenters. The molecule has 1 saturated heterocycles. The second-order valence-corrected chi connectivity index (χ2v) is 14.6. The van der Waals surface area contributed by atoms with Crippen LogP contribution in [-0.2, 0) is 31.6 Å². The molecule has 2 aromatic carbocycles. The number of H-pyrrole nitrogens is 1. The van der Waals surface area contributed by atoms with E-state index in [1.54, 1.807) is 18.2 Å². The molecular formula is C23H26N7O14P3. The Kier molecular flexibility index (Phi) is 9.55. The molecule has 2 aromatic heterocycles. The maximum absolute atomic E-state index is 12.7. The minimum Gasteiger partial charge on any atom is -0.397 e. The number of phosphoric acid groups is 2. The number of nitrogens with one attached hydrogen (secondary N) is 2. The summed E-state index contributed by atoms with van der Waals surface area (Å²) in [6.45, 7) is -1.04. The zero-order valence-electron chi connectivity index (χ0n) is 23.5. The van der Waals surface area contributed by atoms with Gasteiger partial charge in [0.1, 0.15) is 18.3 Å². The second-order valence-electron chi connectivity index (χ2n) is 9.85. The number of anilines is 3. The molecule has 21 nitrogen and oxygen atoms in total. The molecule has 0 aliphatic carbocycles. The van der Waals surface area contributed by atoms with E-state index in [9.17, 15) is 48.2 Å². The lowest BCUT2D eigenvalue weighted by molar-refractivity contribution is -0.0503. The van der Waals surface area contributed by atoms with Gasteiger partial charge in [-0.15, -0.1) is 0 Å². The number of carbonyl (C=O) groups is 1. The van der Waals surface area contributed by atoms with Crippen LogP contribution in [-0.4, -0.2) is 75.1 Å². The SMILES string of the molecule is Nc1nc2c(ncn2[C@@H]2O[C@H](COP(=O)(O)OP(=O)(O)OP(=O)(O)Nc3cc(C(=O)c4ccccc4)ccc3N)[C@@H](O)[C@H]2O)c(=O)[nH]1. The standard InChI is InChI=1S/C23H26N7O14P3/c24-13-7-6-12(17(31)11-4-2-1-3-5-11)8-14(13)29-45(35,36)43-47(39,40)44-46(37,38)41-9-15-18(32)19(33)22(42-15)30-10-26-16-20(30)27-23(25)28-21(16)34/h1-8,10,15,18-19,22,32-33H,9,24H2,(H,37,38)(H,39,40)(H2,29,35,36)(H3,25,27,28,34)/t15-,18-,19-,22-/m1/s1. The zero-order valence-corrected chi connectivity index (χ0v) is 26.1. The molecule has 0 bridgehead atoms. The minimum atomic E-state index is -5.88. The molecule has 1 fully saturated rings. The van der Waals surface area contributed by atoms with E-state index in [1.165, 1.54) is 24.3 Å². The molecule has 1 aliphatic heterocycles. The Morgan fingerprint density at radius 3 is 2.40 bits per heavy atom. The number of ketones is 1. The number of phosphoric ester groups is 1. The second kappa shape index (κ2) is 13.0. The van der Waals surface area contributed by atoms with Crippen molar-refractivity contribution in [2.45, 2.75) is 24.5 Å². The highest BCUT2D eigenvalue weighted by molar-refractivity contribution is 7.68. The Morgan fingerprint density at radius 1 is 1.00 bits per heavy atom. The van der Waals surface area contributed by atoms with Gasteiger partial charge in [-0.2, -0.15) is 13.6 Å². The highest BCUT2D eigenvalue weighted by Crippen LogP contribution is 2.67. The number of ether oxygens (including phenoxy) is 1. The number of aromatic nitrogens is 4. The van der Waals surface area contributed by atoms with Gasteiger partial charge in [0.15, 0.2) is 23.2 Å². The highest BCUT2D eigenvalue weighted by atomic mass is 31.3. The molecule has 1 aliphatic rings. The van der Waals surface area contributed by atoms with Crippen LogP contribution in [0.5, 0.6) is 0 Å². The predicted molar refractivity (Wildman–Crippen MR) is 160 cm³/mol. The first-order valence-corrected chi connectivity index (χ1v) is 17.6. The summed E-state index contributed by atoms with van der Waals surface area (Å²) in [5.74, 6) is -0.772. The number of hydrogen-bond acceptors (Lipinski definition) is 15. The molecule has 3 heterocycles. The maximum atomic E-state index is 12.7. The fourth-order valence-electron chi connectivity index (χ4n) is 4.43. The van der Waals surface area contributed by atoms with Gasteiger partial charge in [-0.25, -0.2) is 18.7 Å². The lowest BCUT2D eigenvalue weighted by Gasteiger charge is -2.21. The van der Waals surface area contributed by atoms with Crippen LogP contribution in [0, 0.1) is 0 Å². The van der Waals surface area contributed by atoms with Gasteiger partial charge in [0.25, 0.3) is 5.56 Å². The third-order valence-corrected chi connectivity index (χ3v) is 10.9. The van der Waals surface area contributed by atoms with Crippen LogP contribution in [0.3, 0.4) is 0 Å². The van der Waals surface area contributed by atoms with Gasteiger partial charge in [-0.3, -0.25) is 28.8 Å². The topological polar surface area (TPSA) is 334 Å². The van der Waals surface area contributed by atoms with Crippen molar-refractivity contribution in [3.63, 3.8) is 0 Å². The molecule has 11 N–H and O–H groups in total. The number of aromatic amines is 1. The first kappa shape index (κ1) is 34.5. The van der Waals surface area contributed by atoms with E-state index in [4.69, 9.17) is 16.2 Å². The number of fused-ring (bicyclic) bond motifs is 1. The molecule has 0 spiro atoms. The Morgan fingerprint density at radius 2 is 1.70 bits per heavy atom. The molecule has 0 amide bonds. The number of benzene rings is 2. The normalized spacial score (nSPS) is 23.5. The van der Waals surface area contributed by atoms with Crippen LogP contribution in [0.25, 0.3) is 11.2 Å². The number of nitrogen functional groups attached to an aromatic ring is 2. The average Bonchev–Trinajstić information content (AvgIpc) is 3.52. The summed E-state index contributed by atoms with van der Waals surface area (Å²) in [5.41, 5.74) is 10.1. The van der Waals surface area contributed by atoms with Crippen molar-refractivity contribution >= 4 is 57.7 Å². The summed E-state index contributed by atoms with van der Waals surface area (Å²) < 4.78 is 57.0. The smallest absolute Gasteiger partial charge is 0.397 e. The minimum absolute atomic E-state index is 0.0172. The molecular weight excluding hydrogens is 691 g/mol. The lowest BCUT2D eigenvalue weighted by Crippen LogP contribution is -2.33. The zero-order chi connectivity index (χ0) is 34.3. The summed E-state index contributed by atoms with van der Waals surface area (Å²) >= 11 is 0. The summed E-state index contributed by atoms with van der Waals surface area (Å²) in [5, 5.41) is 22.8. The van der Waals surface area contributed by atoms with Gasteiger partial charge in [-0.1, -0.05) is 30.3 Å². The number of nitrogens with zero attached hydrogens (tertiary/aromatic N) is 3. The summed E-state index contributed by atoms with van der Waals surface area (Å²) in [4.78, 5) is 65.0. The van der Waals surface area contributed by atoms with Crippen molar-refractivity contribution in [1.82, 2.24) is 19.5 Å². The molecule has 7 atom stereocenters. The van der Waals surface area contributed by atoms with Gasteiger partial charge >= 0.3 is 23.4 Å². The van der Waals surface area contributed by atoms with E-state index in [1.807, 2.05) is 5.09 Å². The quantitative estimate of drug-likeness (QED) is 0.0550. The van der Waals surface area contributed by atoms with E-state index in [2.05, 4.69) is 28.1 Å². The fraction of sp³-hybridized carbons (Fsp3) is 0.217. The molecule has 4 aromatic rings. The van der Waals surface area contributed by atoms with Gasteiger partial charge in [0.2, 0.25) is 5.95 Å². The van der Waals surface area contributed by atoms with Crippen molar-refractivity contribution < 1.29 is 61.3 Å². The van der Waals surface area contributed by atoms with Crippen molar-refractivity contribution in [2.75, 3.05) is 23.2 Å². The van der Waals surface area contributed by atoms with E-state index in [-0.39, 0.29) is 39.6 Å². The van der Waals surface area contributed by atoms with Crippen molar-refractivity contribution in [3.8, 4) is 0 Å². The number of rotatable bonds is 12. The van der Waals surface area contributed by atoms with Gasteiger partial charge in [0, 0.05) is 11.1 Å². The average molecular weight is 717 g/mol. The van der Waals surface area contributed by atoms with E-state index in [0.29, 0.717) is 0 Å². The number of carbonyl (C=O) groups excluding carboxylic acids is 1. The Bertz CT molecular complexity index is 2030. The van der Waals surface area contributed by atoms with Crippen LogP contribution in [0.2, 0.25) is 0 Å². The van der Waals surface area contributed by atoms with Gasteiger partial charge in [-0.05, 0) is 18.2 Å². The number of aliphatic hydroxyl groups excluding tert-OH is 2. The largest absolute Gasteiger partial charge is 0.489 e. The van der Waals surface area contributed by atoms with E-state index >= 15 is 0 Å². The van der Waals surface area contributed by atoms with Crippen molar-refractivity contribution in [1.29, 1.82) is 0 Å². The molecule has 252 valence electrons. The molecule has 5 rings (SSSR count). The van der Waals surface area contributed by atoms with Crippen LogP contribution in [0.4, 0.5) is 17.3 Å². The molecule has 24 heteroatoms. The van der Waals surface area contributed by atoms with Crippen LogP contribution < -0.4 is 22.1 Å². The number of hydrogen-bond donors (Lipinski definition) is 9. The highest BCUT2D eigenvalue weighted by Gasteiger charge is 2.47. The third kappa shape index (κ3) is 7.85. The van der Waals surface area contributed by atoms with E-state index < -0.39 is 65.9 Å². The number of imidazole rings is 1. The summed E-state index contributed by atoms with van der Waals surface area (Å²) in [6.07, 6.45) is -5.49. The predicted octanol–water partition coefficient (Wildman–Crippen LogP) is 0.597. The first-order chi connectivity index (χ1) is 22.0. The Balaban J connectivity index is 1.22. The molecule has 0 saturated carbocycles.